The Labute approximate surface area is 66.0 Å². The largest absolute Gasteiger partial charge is 0.305 e. The molecule has 1 aromatic carbocycles. The molecular weight excluding hydrogens is 142 g/mol. The van der Waals surface area contributed by atoms with Gasteiger partial charge in [0.1, 0.15) is 0 Å². The average Bonchev–Trinajstić information content (AvgIpc) is 1.88. The molecule has 0 saturated heterocycles. The molecule has 10 heavy (non-hydrogen) atoms. The first-order valence-electron chi connectivity index (χ1n) is 3.04. The van der Waals surface area contributed by atoms with E-state index in [0.29, 0.717) is 5.71 Å². The van der Waals surface area contributed by atoms with E-state index in [0.717, 1.165) is 10.5 Å². The van der Waals surface area contributed by atoms with Crippen molar-refractivity contribution in [2.24, 2.45) is 0 Å². The summed E-state index contributed by atoms with van der Waals surface area (Å²) in [7, 11) is 0. The second kappa shape index (κ2) is 2.88. The molecule has 0 aliphatic heterocycles. The van der Waals surface area contributed by atoms with Gasteiger partial charge in [-0.15, -0.1) is 12.6 Å². The number of rotatable bonds is 1. The van der Waals surface area contributed by atoms with Crippen molar-refractivity contribution in [1.29, 1.82) is 5.41 Å². The van der Waals surface area contributed by atoms with E-state index in [4.69, 9.17) is 5.41 Å². The van der Waals surface area contributed by atoms with Gasteiger partial charge in [0, 0.05) is 10.6 Å². The summed E-state index contributed by atoms with van der Waals surface area (Å²) in [4.78, 5) is 0.935. The molecule has 2 heteroatoms. The maximum Gasteiger partial charge on any atom is 0.0355 e. The first-order valence-corrected chi connectivity index (χ1v) is 3.49. The van der Waals surface area contributed by atoms with Gasteiger partial charge in [-0.05, 0) is 24.6 Å². The second-order valence-electron chi connectivity index (χ2n) is 2.17. The number of nitrogens with one attached hydrogen (secondary N) is 1. The summed E-state index contributed by atoms with van der Waals surface area (Å²) in [5, 5.41) is 7.28. The zero-order chi connectivity index (χ0) is 7.56. The van der Waals surface area contributed by atoms with Crippen LogP contribution in [-0.2, 0) is 0 Å². The van der Waals surface area contributed by atoms with Gasteiger partial charge in [0.05, 0.1) is 0 Å². The predicted octanol–water partition coefficient (Wildman–Crippen LogP) is 2.36. The summed E-state index contributed by atoms with van der Waals surface area (Å²) in [6, 6.07) is 7.56. The molecule has 0 heterocycles. The lowest BCUT2D eigenvalue weighted by molar-refractivity contribution is 1.41. The van der Waals surface area contributed by atoms with Crippen LogP contribution in [0.1, 0.15) is 12.5 Å². The fourth-order valence-electron chi connectivity index (χ4n) is 0.711. The summed E-state index contributed by atoms with van der Waals surface area (Å²) in [6.07, 6.45) is 0. The Balaban J connectivity index is 3.00. The lowest BCUT2D eigenvalue weighted by Gasteiger charge is -1.96. The van der Waals surface area contributed by atoms with E-state index in [1.807, 2.05) is 24.3 Å². The van der Waals surface area contributed by atoms with Crippen molar-refractivity contribution in [2.45, 2.75) is 11.8 Å². The molecule has 0 saturated carbocycles. The number of thiol groups is 1. The molecule has 0 fully saturated rings. The van der Waals surface area contributed by atoms with Gasteiger partial charge < -0.3 is 5.41 Å². The highest BCUT2D eigenvalue weighted by Crippen LogP contribution is 2.07. The normalized spacial score (nSPS) is 9.40. The van der Waals surface area contributed by atoms with Crippen molar-refractivity contribution in [3.8, 4) is 0 Å². The van der Waals surface area contributed by atoms with Gasteiger partial charge in [-0.25, -0.2) is 0 Å². The van der Waals surface area contributed by atoms with Gasteiger partial charge in [0.15, 0.2) is 0 Å². The van der Waals surface area contributed by atoms with Crippen molar-refractivity contribution in [3.63, 3.8) is 0 Å². The molecule has 1 nitrogen and oxygen atoms in total. The molecule has 1 rings (SSSR count). The molecule has 52 valence electrons. The third kappa shape index (κ3) is 1.61. The average molecular weight is 151 g/mol. The van der Waals surface area contributed by atoms with E-state index in [1.54, 1.807) is 6.92 Å². The van der Waals surface area contributed by atoms with E-state index in [2.05, 4.69) is 12.6 Å². The molecule has 0 aliphatic carbocycles. The first-order chi connectivity index (χ1) is 4.70. The number of hydrogen-bond donors (Lipinski definition) is 2. The van der Waals surface area contributed by atoms with Crippen LogP contribution in [0.2, 0.25) is 0 Å². The second-order valence-corrected chi connectivity index (χ2v) is 2.69. The van der Waals surface area contributed by atoms with Gasteiger partial charge in [-0.2, -0.15) is 0 Å². The Bertz CT molecular complexity index is 238. The molecule has 0 bridgehead atoms. The van der Waals surface area contributed by atoms with Gasteiger partial charge in [0.25, 0.3) is 0 Å². The molecular formula is C8H9NS. The molecule has 1 aromatic rings. The topological polar surface area (TPSA) is 23.9 Å². The highest BCUT2D eigenvalue weighted by Gasteiger charge is 1.91. The molecule has 0 radical (unpaired) electrons. The van der Waals surface area contributed by atoms with E-state index >= 15 is 0 Å². The van der Waals surface area contributed by atoms with Crippen LogP contribution in [0.25, 0.3) is 0 Å². The van der Waals surface area contributed by atoms with E-state index in [9.17, 15) is 0 Å². The molecule has 0 aliphatic rings. The predicted molar refractivity (Wildman–Crippen MR) is 46.2 cm³/mol. The number of hydrogen-bond acceptors (Lipinski definition) is 2. The summed E-state index contributed by atoms with van der Waals surface area (Å²) in [6.45, 7) is 1.77. The Morgan fingerprint density at radius 3 is 2.20 bits per heavy atom. The fraction of sp³-hybridized carbons (Fsp3) is 0.125. The summed E-state index contributed by atoms with van der Waals surface area (Å²) < 4.78 is 0. The van der Waals surface area contributed by atoms with Crippen LogP contribution in [0.5, 0.6) is 0 Å². The van der Waals surface area contributed by atoms with E-state index in [1.165, 1.54) is 0 Å². The monoisotopic (exact) mass is 151 g/mol. The maximum absolute atomic E-state index is 7.28. The Morgan fingerprint density at radius 1 is 1.30 bits per heavy atom. The minimum absolute atomic E-state index is 0.591. The van der Waals surface area contributed by atoms with Crippen LogP contribution >= 0.6 is 12.6 Å². The molecule has 0 aromatic heterocycles. The molecule has 1 N–H and O–H groups in total. The third-order valence-electron chi connectivity index (χ3n) is 1.30. The molecule has 0 amide bonds. The van der Waals surface area contributed by atoms with Crippen molar-refractivity contribution < 1.29 is 0 Å². The van der Waals surface area contributed by atoms with Gasteiger partial charge in [-0.1, -0.05) is 12.1 Å². The fourth-order valence-corrected chi connectivity index (χ4v) is 0.861. The minimum Gasteiger partial charge on any atom is -0.305 e. The zero-order valence-corrected chi connectivity index (χ0v) is 6.65. The summed E-state index contributed by atoms with van der Waals surface area (Å²) in [5.41, 5.74) is 1.55. The summed E-state index contributed by atoms with van der Waals surface area (Å²) in [5.74, 6) is 0. The van der Waals surface area contributed by atoms with E-state index < -0.39 is 0 Å². The van der Waals surface area contributed by atoms with Crippen LogP contribution in [0.15, 0.2) is 29.2 Å². The van der Waals surface area contributed by atoms with Crippen LogP contribution in [0.3, 0.4) is 0 Å². The standard InChI is InChI=1S/C8H9NS/c1-6(9)7-2-4-8(10)5-3-7/h2-5,9-10H,1H3. The number of benzene rings is 1. The van der Waals surface area contributed by atoms with Crippen LogP contribution < -0.4 is 0 Å². The lowest BCUT2D eigenvalue weighted by atomic mass is 10.1. The van der Waals surface area contributed by atoms with Crippen LogP contribution in [0, 0.1) is 5.41 Å². The van der Waals surface area contributed by atoms with Gasteiger partial charge in [0.2, 0.25) is 0 Å². The van der Waals surface area contributed by atoms with Gasteiger partial charge >= 0.3 is 0 Å². The van der Waals surface area contributed by atoms with Gasteiger partial charge in [-0.3, -0.25) is 0 Å². The highest BCUT2D eigenvalue weighted by atomic mass is 32.1. The van der Waals surface area contributed by atoms with Crippen molar-refractivity contribution in [2.75, 3.05) is 0 Å². The Kier molecular flexibility index (Phi) is 2.12. The smallest absolute Gasteiger partial charge is 0.0355 e. The van der Waals surface area contributed by atoms with Crippen LogP contribution in [-0.4, -0.2) is 5.71 Å². The van der Waals surface area contributed by atoms with E-state index in [-0.39, 0.29) is 0 Å². The maximum atomic E-state index is 7.28. The van der Waals surface area contributed by atoms with Crippen molar-refractivity contribution >= 4 is 18.3 Å². The Morgan fingerprint density at radius 2 is 1.80 bits per heavy atom. The zero-order valence-electron chi connectivity index (χ0n) is 5.76. The first kappa shape index (κ1) is 7.35. The SMILES string of the molecule is CC(=N)c1ccc(S)cc1. The third-order valence-corrected chi connectivity index (χ3v) is 1.60. The molecule has 0 unspecified atom stereocenters. The quantitative estimate of drug-likeness (QED) is 0.455. The Hall–Kier alpha value is -0.760. The highest BCUT2D eigenvalue weighted by molar-refractivity contribution is 7.80. The minimum atomic E-state index is 0.591. The lowest BCUT2D eigenvalue weighted by Crippen LogP contribution is -1.89. The van der Waals surface area contributed by atoms with Crippen molar-refractivity contribution in [3.05, 3.63) is 29.8 Å². The summed E-state index contributed by atoms with van der Waals surface area (Å²) >= 11 is 4.13. The van der Waals surface area contributed by atoms with Crippen molar-refractivity contribution in [1.82, 2.24) is 0 Å². The van der Waals surface area contributed by atoms with Crippen LogP contribution in [0.4, 0.5) is 0 Å². The molecule has 0 spiro atoms. The molecule has 0 atom stereocenters.